The minimum absolute atomic E-state index is 0.282. The molecule has 1 saturated carbocycles. The number of fused-ring (bicyclic) bond motifs is 1. The maximum atomic E-state index is 12.4. The Morgan fingerprint density at radius 1 is 1.07 bits per heavy atom. The van der Waals surface area contributed by atoms with Gasteiger partial charge in [-0.3, -0.25) is 4.79 Å². The van der Waals surface area contributed by atoms with Gasteiger partial charge in [-0.25, -0.2) is 14.6 Å². The Morgan fingerprint density at radius 2 is 1.80 bits per heavy atom. The van der Waals surface area contributed by atoms with Crippen LogP contribution in [0.4, 0.5) is 5.82 Å². The van der Waals surface area contributed by atoms with Gasteiger partial charge in [0, 0.05) is 38.5 Å². The first-order chi connectivity index (χ1) is 14.7. The van der Waals surface area contributed by atoms with Gasteiger partial charge in [-0.1, -0.05) is 25.1 Å². The number of anilines is 1. The largest absolute Gasteiger partial charge is 0.352 e. The maximum absolute atomic E-state index is 12.4. The molecule has 0 radical (unpaired) electrons. The molecule has 30 heavy (non-hydrogen) atoms. The molecule has 7 heteroatoms. The fourth-order valence-corrected chi connectivity index (χ4v) is 4.25. The standard InChI is InChI=1S/C23H28N6O/c1-3-7-19-24-21(27-12-14-28(15-13-27)23(30)17-10-11-17)20-16(2)26-29(22(20)25-19)18-8-5-4-6-9-18/h4-6,8-9,17H,3,7,10-15H2,1-2H3. The lowest BCUT2D eigenvalue weighted by molar-refractivity contribution is -0.132. The van der Waals surface area contributed by atoms with Crippen molar-refractivity contribution in [3.8, 4) is 5.69 Å². The average molecular weight is 405 g/mol. The lowest BCUT2D eigenvalue weighted by Gasteiger charge is -2.36. The van der Waals surface area contributed by atoms with Crippen LogP contribution in [0.5, 0.6) is 0 Å². The Morgan fingerprint density at radius 3 is 2.47 bits per heavy atom. The summed E-state index contributed by atoms with van der Waals surface area (Å²) in [4.78, 5) is 26.6. The van der Waals surface area contributed by atoms with Crippen molar-refractivity contribution in [2.45, 2.75) is 39.5 Å². The third-order valence-corrected chi connectivity index (χ3v) is 6.02. The predicted molar refractivity (Wildman–Crippen MR) is 117 cm³/mol. The van der Waals surface area contributed by atoms with Crippen LogP contribution in [0.15, 0.2) is 30.3 Å². The quantitative estimate of drug-likeness (QED) is 0.654. The van der Waals surface area contributed by atoms with Gasteiger partial charge in [-0.15, -0.1) is 0 Å². The summed E-state index contributed by atoms with van der Waals surface area (Å²) in [5, 5.41) is 5.83. The molecule has 5 rings (SSSR count). The summed E-state index contributed by atoms with van der Waals surface area (Å²) >= 11 is 0. The molecule has 1 aromatic carbocycles. The van der Waals surface area contributed by atoms with Gasteiger partial charge in [0.05, 0.1) is 16.8 Å². The molecule has 0 spiro atoms. The van der Waals surface area contributed by atoms with E-state index in [0.29, 0.717) is 5.91 Å². The van der Waals surface area contributed by atoms with Crippen LogP contribution < -0.4 is 4.90 Å². The molecule has 0 atom stereocenters. The van der Waals surface area contributed by atoms with Crippen molar-refractivity contribution in [1.82, 2.24) is 24.6 Å². The third kappa shape index (κ3) is 3.42. The number of hydrogen-bond acceptors (Lipinski definition) is 5. The molecule has 2 fully saturated rings. The van der Waals surface area contributed by atoms with E-state index >= 15 is 0 Å². The van der Waals surface area contributed by atoms with Crippen molar-refractivity contribution >= 4 is 22.8 Å². The molecular formula is C23H28N6O. The van der Waals surface area contributed by atoms with Crippen LogP contribution in [0.3, 0.4) is 0 Å². The number of para-hydroxylation sites is 1. The van der Waals surface area contributed by atoms with E-state index in [1.165, 1.54) is 0 Å². The second-order valence-electron chi connectivity index (χ2n) is 8.33. The van der Waals surface area contributed by atoms with E-state index in [4.69, 9.17) is 15.1 Å². The number of amides is 1. The monoisotopic (exact) mass is 404 g/mol. The molecule has 3 heterocycles. The zero-order valence-electron chi connectivity index (χ0n) is 17.7. The molecule has 2 aliphatic rings. The highest BCUT2D eigenvalue weighted by Gasteiger charge is 2.35. The number of rotatable bonds is 5. The van der Waals surface area contributed by atoms with Gasteiger partial charge >= 0.3 is 0 Å². The highest BCUT2D eigenvalue weighted by molar-refractivity contribution is 5.91. The van der Waals surface area contributed by atoms with E-state index in [1.54, 1.807) is 0 Å². The molecule has 0 unspecified atom stereocenters. The lowest BCUT2D eigenvalue weighted by atomic mass is 10.2. The number of carbonyl (C=O) groups excluding carboxylic acids is 1. The smallest absolute Gasteiger partial charge is 0.225 e. The molecule has 1 saturated heterocycles. The Kier molecular flexibility index (Phi) is 4.89. The lowest BCUT2D eigenvalue weighted by Crippen LogP contribution is -2.49. The number of aryl methyl sites for hydroxylation is 2. The highest BCUT2D eigenvalue weighted by atomic mass is 16.2. The van der Waals surface area contributed by atoms with E-state index in [2.05, 4.69) is 24.0 Å². The fraction of sp³-hybridized carbons (Fsp3) is 0.478. The zero-order chi connectivity index (χ0) is 20.7. The number of carbonyl (C=O) groups is 1. The van der Waals surface area contributed by atoms with E-state index in [0.717, 1.165) is 85.9 Å². The first-order valence-electron chi connectivity index (χ1n) is 11.0. The molecule has 0 N–H and O–H groups in total. The van der Waals surface area contributed by atoms with Crippen LogP contribution >= 0.6 is 0 Å². The van der Waals surface area contributed by atoms with E-state index in [9.17, 15) is 4.79 Å². The molecule has 156 valence electrons. The fourth-order valence-electron chi connectivity index (χ4n) is 4.25. The van der Waals surface area contributed by atoms with Crippen molar-refractivity contribution in [3.63, 3.8) is 0 Å². The molecule has 1 aliphatic carbocycles. The van der Waals surface area contributed by atoms with Gasteiger partial charge in [0.25, 0.3) is 0 Å². The molecular weight excluding hydrogens is 376 g/mol. The summed E-state index contributed by atoms with van der Waals surface area (Å²) in [6.07, 6.45) is 3.95. The van der Waals surface area contributed by atoms with E-state index < -0.39 is 0 Å². The maximum Gasteiger partial charge on any atom is 0.225 e. The minimum atomic E-state index is 0.282. The van der Waals surface area contributed by atoms with Gasteiger partial charge in [0.2, 0.25) is 5.91 Å². The predicted octanol–water partition coefficient (Wildman–Crippen LogP) is 3.14. The number of benzene rings is 1. The topological polar surface area (TPSA) is 67.2 Å². The van der Waals surface area contributed by atoms with E-state index in [1.807, 2.05) is 34.7 Å². The normalized spacial score (nSPS) is 17.0. The summed E-state index contributed by atoms with van der Waals surface area (Å²) in [6, 6.07) is 10.1. The minimum Gasteiger partial charge on any atom is -0.352 e. The Labute approximate surface area is 176 Å². The molecule has 1 aliphatic heterocycles. The summed E-state index contributed by atoms with van der Waals surface area (Å²) in [5.74, 6) is 2.43. The van der Waals surface area contributed by atoms with Crippen LogP contribution in [0.25, 0.3) is 16.7 Å². The van der Waals surface area contributed by atoms with Gasteiger partial charge in [0.1, 0.15) is 11.6 Å². The van der Waals surface area contributed by atoms with Crippen LogP contribution in [-0.2, 0) is 11.2 Å². The van der Waals surface area contributed by atoms with Crippen molar-refractivity contribution in [3.05, 3.63) is 41.9 Å². The molecule has 2 aromatic heterocycles. The SMILES string of the molecule is CCCc1nc(N2CCN(C(=O)C3CC3)CC2)c2c(C)nn(-c3ccccc3)c2n1. The van der Waals surface area contributed by atoms with Gasteiger partial charge in [-0.05, 0) is 38.3 Å². The Balaban J connectivity index is 1.53. The molecule has 0 bridgehead atoms. The highest BCUT2D eigenvalue weighted by Crippen LogP contribution is 2.33. The number of hydrogen-bond donors (Lipinski definition) is 0. The average Bonchev–Trinajstić information content (AvgIpc) is 3.58. The first kappa shape index (κ1) is 19.0. The Hall–Kier alpha value is -2.96. The van der Waals surface area contributed by atoms with Gasteiger partial charge < -0.3 is 9.80 Å². The number of aromatic nitrogens is 4. The van der Waals surface area contributed by atoms with Gasteiger partial charge in [0.15, 0.2) is 5.65 Å². The zero-order valence-corrected chi connectivity index (χ0v) is 17.7. The van der Waals surface area contributed by atoms with Crippen LogP contribution in [0.2, 0.25) is 0 Å². The summed E-state index contributed by atoms with van der Waals surface area (Å²) in [5.41, 5.74) is 2.80. The molecule has 7 nitrogen and oxygen atoms in total. The Bertz CT molecular complexity index is 1060. The van der Waals surface area contributed by atoms with Crippen molar-refractivity contribution < 1.29 is 4.79 Å². The van der Waals surface area contributed by atoms with Crippen LogP contribution in [0, 0.1) is 12.8 Å². The second-order valence-corrected chi connectivity index (χ2v) is 8.33. The summed E-state index contributed by atoms with van der Waals surface area (Å²) in [6.45, 7) is 7.29. The van der Waals surface area contributed by atoms with Crippen molar-refractivity contribution in [2.24, 2.45) is 5.92 Å². The molecule has 1 amide bonds. The van der Waals surface area contributed by atoms with Gasteiger partial charge in [-0.2, -0.15) is 5.10 Å². The first-order valence-corrected chi connectivity index (χ1v) is 11.0. The third-order valence-electron chi connectivity index (χ3n) is 6.02. The van der Waals surface area contributed by atoms with E-state index in [-0.39, 0.29) is 5.92 Å². The summed E-state index contributed by atoms with van der Waals surface area (Å²) in [7, 11) is 0. The number of piperazine rings is 1. The second kappa shape index (κ2) is 7.70. The van der Waals surface area contributed by atoms with Crippen molar-refractivity contribution in [2.75, 3.05) is 31.1 Å². The summed E-state index contributed by atoms with van der Waals surface area (Å²) < 4.78 is 1.93. The van der Waals surface area contributed by atoms with Crippen molar-refractivity contribution in [1.29, 1.82) is 0 Å². The number of nitrogens with zero attached hydrogens (tertiary/aromatic N) is 6. The van der Waals surface area contributed by atoms with Crippen LogP contribution in [0.1, 0.15) is 37.7 Å². The van der Waals surface area contributed by atoms with Crippen LogP contribution in [-0.4, -0.2) is 56.7 Å². The molecule has 3 aromatic rings.